The van der Waals surface area contributed by atoms with E-state index in [0.29, 0.717) is 49.7 Å². The average Bonchev–Trinajstić information content (AvgIpc) is 3.33. The van der Waals surface area contributed by atoms with Gasteiger partial charge in [-0.15, -0.1) is 0 Å². The van der Waals surface area contributed by atoms with Gasteiger partial charge in [-0.25, -0.2) is 12.8 Å². The molecule has 0 bridgehead atoms. The zero-order valence-corrected chi connectivity index (χ0v) is 27.8. The summed E-state index contributed by atoms with van der Waals surface area (Å²) in [6, 6.07) is 16.9. The van der Waals surface area contributed by atoms with Crippen molar-refractivity contribution in [3.05, 3.63) is 88.9 Å². The van der Waals surface area contributed by atoms with E-state index in [1.54, 1.807) is 17.0 Å². The van der Waals surface area contributed by atoms with E-state index >= 15 is 0 Å². The molecule has 0 aliphatic carbocycles. The van der Waals surface area contributed by atoms with E-state index in [2.05, 4.69) is 14.9 Å². The van der Waals surface area contributed by atoms with E-state index in [1.165, 1.54) is 31.4 Å². The minimum atomic E-state index is -3.61. The van der Waals surface area contributed by atoms with E-state index in [4.69, 9.17) is 4.74 Å². The molecular formula is C34H40FN5O5S. The molecule has 5 rings (SSSR count). The van der Waals surface area contributed by atoms with Gasteiger partial charge in [0.05, 0.1) is 30.3 Å². The standard InChI is InChI=1S/C34H40FN5O5S/c1-34(2,3)25-19-27(31(45-5)28(20-25)37-46(6,43)44)36-32(41)29-18-23-8-7-9-24(30(23)38(29)4)21-39-14-16-40(17-15-39)33(42)22-10-12-26(35)13-11-22/h7-13,18-20,37H,14-17,21H2,1-6H3,(H,36,41). The molecule has 46 heavy (non-hydrogen) atoms. The summed E-state index contributed by atoms with van der Waals surface area (Å²) < 4.78 is 47.5. The predicted molar refractivity (Wildman–Crippen MR) is 179 cm³/mol. The van der Waals surface area contributed by atoms with Gasteiger partial charge >= 0.3 is 0 Å². The quantitative estimate of drug-likeness (QED) is 0.271. The third-order valence-corrected chi connectivity index (χ3v) is 8.81. The Hall–Kier alpha value is -4.42. The number of halogens is 1. The Morgan fingerprint density at radius 1 is 0.957 bits per heavy atom. The van der Waals surface area contributed by atoms with Gasteiger partial charge in [-0.3, -0.25) is 19.2 Å². The van der Waals surface area contributed by atoms with Crippen LogP contribution in [0, 0.1) is 5.82 Å². The van der Waals surface area contributed by atoms with Crippen LogP contribution in [0.25, 0.3) is 10.9 Å². The van der Waals surface area contributed by atoms with Gasteiger partial charge in [-0.1, -0.05) is 39.0 Å². The number of rotatable bonds is 8. The minimum Gasteiger partial charge on any atom is -0.492 e. The van der Waals surface area contributed by atoms with Crippen molar-refractivity contribution < 1.29 is 27.1 Å². The largest absolute Gasteiger partial charge is 0.492 e. The highest BCUT2D eigenvalue weighted by atomic mass is 32.2. The van der Waals surface area contributed by atoms with Gasteiger partial charge in [0, 0.05) is 50.7 Å². The second-order valence-corrected chi connectivity index (χ2v) is 14.5. The lowest BCUT2D eigenvalue weighted by atomic mass is 9.86. The molecule has 1 fully saturated rings. The van der Waals surface area contributed by atoms with E-state index < -0.39 is 10.0 Å². The number of aromatic nitrogens is 1. The number of ether oxygens (including phenoxy) is 1. The van der Waals surface area contributed by atoms with Gasteiger partial charge in [0.1, 0.15) is 11.5 Å². The molecule has 0 spiro atoms. The first-order valence-corrected chi connectivity index (χ1v) is 16.9. The molecule has 1 aliphatic heterocycles. The van der Waals surface area contributed by atoms with E-state index in [-0.39, 0.29) is 34.5 Å². The number of fused-ring (bicyclic) bond motifs is 1. The maximum absolute atomic E-state index is 13.8. The number of nitrogens with one attached hydrogen (secondary N) is 2. The number of carbonyl (C=O) groups is 2. The highest BCUT2D eigenvalue weighted by molar-refractivity contribution is 7.92. The SMILES string of the molecule is COc1c(NC(=O)c2cc3cccc(CN4CCN(C(=O)c5ccc(F)cc5)CC4)c3n2C)cc(C(C)(C)C)cc1NS(C)(=O)=O. The number of carbonyl (C=O) groups excluding carboxylic acids is 2. The third-order valence-electron chi connectivity index (χ3n) is 8.22. The maximum Gasteiger partial charge on any atom is 0.272 e. The van der Waals surface area contributed by atoms with Crippen molar-refractivity contribution in [1.82, 2.24) is 14.4 Å². The summed E-state index contributed by atoms with van der Waals surface area (Å²) >= 11 is 0. The summed E-state index contributed by atoms with van der Waals surface area (Å²) in [5, 5.41) is 3.87. The number of methoxy groups -OCH3 is 1. The van der Waals surface area contributed by atoms with Crippen molar-refractivity contribution in [2.75, 3.05) is 49.6 Å². The number of anilines is 2. The van der Waals surface area contributed by atoms with Gasteiger partial charge in [0.2, 0.25) is 10.0 Å². The van der Waals surface area contributed by atoms with Crippen LogP contribution in [0.5, 0.6) is 5.75 Å². The molecule has 1 saturated heterocycles. The zero-order chi connectivity index (χ0) is 33.4. The third kappa shape index (κ3) is 7.18. The molecule has 0 saturated carbocycles. The Morgan fingerprint density at radius 2 is 1.61 bits per heavy atom. The number of benzene rings is 3. The molecule has 1 aliphatic rings. The van der Waals surface area contributed by atoms with Crippen LogP contribution in [0.3, 0.4) is 0 Å². The topological polar surface area (TPSA) is 113 Å². The molecule has 4 aromatic rings. The summed E-state index contributed by atoms with van der Waals surface area (Å²) in [5.74, 6) is -0.637. The second-order valence-electron chi connectivity index (χ2n) is 12.7. The molecule has 2 amide bonds. The molecular weight excluding hydrogens is 609 g/mol. The number of sulfonamides is 1. The van der Waals surface area contributed by atoms with Crippen LogP contribution in [-0.2, 0) is 29.0 Å². The van der Waals surface area contributed by atoms with Crippen LogP contribution >= 0.6 is 0 Å². The number of hydrogen-bond donors (Lipinski definition) is 2. The monoisotopic (exact) mass is 649 g/mol. The van der Waals surface area contributed by atoms with Crippen molar-refractivity contribution in [3.63, 3.8) is 0 Å². The summed E-state index contributed by atoms with van der Waals surface area (Å²) in [4.78, 5) is 30.7. The number of hydrogen-bond acceptors (Lipinski definition) is 6. The molecule has 2 heterocycles. The Kier molecular flexibility index (Phi) is 9.14. The van der Waals surface area contributed by atoms with Crippen molar-refractivity contribution in [1.29, 1.82) is 0 Å². The van der Waals surface area contributed by atoms with Gasteiger partial charge in [0.25, 0.3) is 11.8 Å². The highest BCUT2D eigenvalue weighted by Crippen LogP contribution is 2.39. The van der Waals surface area contributed by atoms with Gasteiger partial charge in [-0.2, -0.15) is 0 Å². The van der Waals surface area contributed by atoms with Crippen LogP contribution < -0.4 is 14.8 Å². The van der Waals surface area contributed by atoms with Crippen LogP contribution in [0.4, 0.5) is 15.8 Å². The second kappa shape index (κ2) is 12.8. The molecule has 0 radical (unpaired) electrons. The van der Waals surface area contributed by atoms with E-state index in [9.17, 15) is 22.4 Å². The molecule has 2 N–H and O–H groups in total. The summed E-state index contributed by atoms with van der Waals surface area (Å²) in [6.07, 6.45) is 1.06. The number of piperazine rings is 1. The van der Waals surface area contributed by atoms with Crippen LogP contribution in [-0.4, -0.2) is 74.1 Å². The number of para-hydroxylation sites is 1. The van der Waals surface area contributed by atoms with Crippen LogP contribution in [0.2, 0.25) is 0 Å². The molecule has 12 heteroatoms. The lowest BCUT2D eigenvalue weighted by Gasteiger charge is -2.35. The van der Waals surface area contributed by atoms with Crippen LogP contribution in [0.1, 0.15) is 52.7 Å². The van der Waals surface area contributed by atoms with Gasteiger partial charge in [0.15, 0.2) is 5.75 Å². The Bertz CT molecular complexity index is 1890. The molecule has 244 valence electrons. The molecule has 10 nitrogen and oxygen atoms in total. The highest BCUT2D eigenvalue weighted by Gasteiger charge is 2.26. The van der Waals surface area contributed by atoms with E-state index in [1.807, 2.05) is 56.7 Å². The molecule has 0 atom stereocenters. The van der Waals surface area contributed by atoms with Crippen molar-refractivity contribution in [2.45, 2.75) is 32.7 Å². The fourth-order valence-corrected chi connectivity index (χ4v) is 6.36. The number of nitrogens with zero attached hydrogens (tertiary/aromatic N) is 3. The maximum atomic E-state index is 13.8. The molecule has 3 aromatic carbocycles. The lowest BCUT2D eigenvalue weighted by Crippen LogP contribution is -2.48. The van der Waals surface area contributed by atoms with Crippen molar-refractivity contribution >= 4 is 44.1 Å². The molecule has 1 aromatic heterocycles. The van der Waals surface area contributed by atoms with Crippen molar-refractivity contribution in [2.24, 2.45) is 7.05 Å². The fourth-order valence-electron chi connectivity index (χ4n) is 5.81. The van der Waals surface area contributed by atoms with Crippen molar-refractivity contribution in [3.8, 4) is 5.75 Å². The first-order chi connectivity index (χ1) is 21.6. The molecule has 0 unspecified atom stereocenters. The summed E-state index contributed by atoms with van der Waals surface area (Å²) in [5.41, 5.74) is 3.94. The smallest absolute Gasteiger partial charge is 0.272 e. The average molecular weight is 650 g/mol. The Labute approximate surface area is 269 Å². The summed E-state index contributed by atoms with van der Waals surface area (Å²) in [7, 11) is -0.341. The number of aryl methyl sites for hydroxylation is 1. The summed E-state index contributed by atoms with van der Waals surface area (Å²) in [6.45, 7) is 9.09. The lowest BCUT2D eigenvalue weighted by molar-refractivity contribution is 0.0628. The van der Waals surface area contributed by atoms with Gasteiger partial charge < -0.3 is 19.5 Å². The fraction of sp³-hybridized carbons (Fsp3) is 0.353. The zero-order valence-electron chi connectivity index (χ0n) is 27.0. The van der Waals surface area contributed by atoms with Gasteiger partial charge in [-0.05, 0) is 59.0 Å². The Balaban J connectivity index is 1.37. The minimum absolute atomic E-state index is 0.108. The van der Waals surface area contributed by atoms with Crippen LogP contribution in [0.15, 0.2) is 60.7 Å². The Morgan fingerprint density at radius 3 is 2.22 bits per heavy atom. The first kappa shape index (κ1) is 33.0. The van der Waals surface area contributed by atoms with E-state index in [0.717, 1.165) is 28.3 Å². The predicted octanol–water partition coefficient (Wildman–Crippen LogP) is 5.21. The normalized spacial score (nSPS) is 14.4. The first-order valence-electron chi connectivity index (χ1n) is 15.0. The number of amides is 2.